The zero-order valence-electron chi connectivity index (χ0n) is 11.0. The minimum absolute atomic E-state index is 0.00266. The van der Waals surface area contributed by atoms with Gasteiger partial charge in [-0.15, -0.1) is 0 Å². The fourth-order valence-electron chi connectivity index (χ4n) is 1.89. The largest absolute Gasteiger partial charge is 0.479 e. The second kappa shape index (κ2) is 6.69. The molecular weight excluding hydrogens is 301 g/mol. The first-order valence-electron chi connectivity index (χ1n) is 6.24. The van der Waals surface area contributed by atoms with Crippen molar-refractivity contribution in [3.8, 4) is 0 Å². The van der Waals surface area contributed by atoms with Gasteiger partial charge < -0.3 is 14.7 Å². The number of carbonyl (C=O) groups excluding carboxylic acids is 1. The number of aliphatic carboxylic acids is 1. The van der Waals surface area contributed by atoms with E-state index in [1.54, 1.807) is 0 Å². The fourth-order valence-corrected chi connectivity index (χ4v) is 2.08. The van der Waals surface area contributed by atoms with Crippen LogP contribution in [0.4, 0.5) is 4.39 Å². The molecule has 0 spiro atoms. The second-order valence-corrected chi connectivity index (χ2v) is 4.90. The molecule has 0 aliphatic carbocycles. The molecule has 1 fully saturated rings. The number of halogens is 2. The van der Waals surface area contributed by atoms with Crippen molar-refractivity contribution in [3.63, 3.8) is 0 Å². The third kappa shape index (κ3) is 4.03. The van der Waals surface area contributed by atoms with E-state index in [-0.39, 0.29) is 24.1 Å². The average molecular weight is 314 g/mol. The number of amides is 1. The quantitative estimate of drug-likeness (QED) is 0.864. The van der Waals surface area contributed by atoms with Crippen LogP contribution in [0.25, 0.3) is 6.08 Å². The van der Waals surface area contributed by atoms with Crippen LogP contribution in [0.1, 0.15) is 5.56 Å². The number of nitrogens with zero attached hydrogens (tertiary/aromatic N) is 1. The average Bonchev–Trinajstić information content (AvgIpc) is 2.48. The molecule has 5 nitrogen and oxygen atoms in total. The summed E-state index contributed by atoms with van der Waals surface area (Å²) in [7, 11) is 0. The third-order valence-corrected chi connectivity index (χ3v) is 3.31. The Labute approximate surface area is 125 Å². The number of benzene rings is 1. The molecule has 21 heavy (non-hydrogen) atoms. The van der Waals surface area contributed by atoms with Crippen molar-refractivity contribution in [1.29, 1.82) is 0 Å². The van der Waals surface area contributed by atoms with Gasteiger partial charge >= 0.3 is 5.97 Å². The number of ether oxygens (including phenoxy) is 1. The van der Waals surface area contributed by atoms with E-state index in [9.17, 15) is 14.0 Å². The summed E-state index contributed by atoms with van der Waals surface area (Å²) >= 11 is 5.65. The van der Waals surface area contributed by atoms with Crippen molar-refractivity contribution in [2.75, 3.05) is 19.7 Å². The van der Waals surface area contributed by atoms with E-state index in [2.05, 4.69) is 0 Å². The lowest BCUT2D eigenvalue weighted by molar-refractivity contribution is -0.158. The van der Waals surface area contributed by atoms with Crippen LogP contribution in [-0.4, -0.2) is 47.7 Å². The SMILES string of the molecule is O=C(O)C1CN(C(=O)C=Cc2ccc(F)c(Cl)c2)CCO1. The summed E-state index contributed by atoms with van der Waals surface area (Å²) in [6.07, 6.45) is 1.79. The van der Waals surface area contributed by atoms with Crippen LogP contribution in [0.5, 0.6) is 0 Å². The highest BCUT2D eigenvalue weighted by Gasteiger charge is 2.27. The lowest BCUT2D eigenvalue weighted by atomic mass is 10.2. The Morgan fingerprint density at radius 1 is 1.48 bits per heavy atom. The van der Waals surface area contributed by atoms with Gasteiger partial charge in [0, 0.05) is 12.6 Å². The lowest BCUT2D eigenvalue weighted by Crippen LogP contribution is -2.48. The third-order valence-electron chi connectivity index (χ3n) is 3.02. The first kappa shape index (κ1) is 15.5. The van der Waals surface area contributed by atoms with Crippen LogP contribution in [0.2, 0.25) is 5.02 Å². The van der Waals surface area contributed by atoms with Crippen LogP contribution >= 0.6 is 11.6 Å². The molecule has 1 aromatic rings. The normalized spacial score (nSPS) is 19.0. The van der Waals surface area contributed by atoms with Gasteiger partial charge in [0.2, 0.25) is 5.91 Å². The lowest BCUT2D eigenvalue weighted by Gasteiger charge is -2.30. The van der Waals surface area contributed by atoms with Crippen LogP contribution < -0.4 is 0 Å². The smallest absolute Gasteiger partial charge is 0.334 e. The summed E-state index contributed by atoms with van der Waals surface area (Å²) in [5.41, 5.74) is 0.581. The fraction of sp³-hybridized carbons (Fsp3) is 0.286. The second-order valence-electron chi connectivity index (χ2n) is 4.49. The van der Waals surface area contributed by atoms with E-state index in [0.717, 1.165) is 0 Å². The molecule has 112 valence electrons. The Kier molecular flexibility index (Phi) is 4.93. The Hall–Kier alpha value is -1.92. The molecule has 1 unspecified atom stereocenters. The monoisotopic (exact) mass is 313 g/mol. The predicted octanol–water partition coefficient (Wildman–Crippen LogP) is 1.80. The minimum Gasteiger partial charge on any atom is -0.479 e. The molecule has 0 saturated carbocycles. The summed E-state index contributed by atoms with van der Waals surface area (Å²) in [5, 5.41) is 8.85. The first-order valence-corrected chi connectivity index (χ1v) is 6.61. The van der Waals surface area contributed by atoms with Crippen molar-refractivity contribution < 1.29 is 23.8 Å². The summed E-state index contributed by atoms with van der Waals surface area (Å²) in [5.74, 6) is -1.95. The van der Waals surface area contributed by atoms with E-state index in [1.165, 1.54) is 35.3 Å². The number of rotatable bonds is 3. The van der Waals surface area contributed by atoms with Crippen LogP contribution in [0.3, 0.4) is 0 Å². The summed E-state index contributed by atoms with van der Waals surface area (Å²) < 4.78 is 18.0. The molecule has 1 amide bonds. The minimum atomic E-state index is -1.10. The molecule has 7 heteroatoms. The topological polar surface area (TPSA) is 66.8 Å². The zero-order chi connectivity index (χ0) is 15.4. The molecule has 1 N–H and O–H groups in total. The van der Waals surface area contributed by atoms with Gasteiger partial charge in [-0.1, -0.05) is 17.7 Å². The number of hydrogen-bond donors (Lipinski definition) is 1. The van der Waals surface area contributed by atoms with Gasteiger partial charge in [0.05, 0.1) is 18.2 Å². The molecule has 1 aliphatic rings. The molecule has 1 saturated heterocycles. The first-order chi connectivity index (χ1) is 9.97. The van der Waals surface area contributed by atoms with E-state index >= 15 is 0 Å². The molecule has 1 aromatic carbocycles. The Balaban J connectivity index is 2.01. The van der Waals surface area contributed by atoms with Crippen molar-refractivity contribution in [1.82, 2.24) is 4.90 Å². The molecule has 0 aromatic heterocycles. The molecule has 1 heterocycles. The molecule has 0 radical (unpaired) electrons. The highest BCUT2D eigenvalue weighted by Crippen LogP contribution is 2.17. The van der Waals surface area contributed by atoms with Gasteiger partial charge in [0.15, 0.2) is 6.10 Å². The Morgan fingerprint density at radius 3 is 2.90 bits per heavy atom. The van der Waals surface area contributed by atoms with E-state index in [0.29, 0.717) is 12.1 Å². The summed E-state index contributed by atoms with van der Waals surface area (Å²) in [6.45, 7) is 0.513. The van der Waals surface area contributed by atoms with Gasteiger partial charge in [-0.3, -0.25) is 4.79 Å². The van der Waals surface area contributed by atoms with Gasteiger partial charge in [-0.25, -0.2) is 9.18 Å². The number of hydrogen-bond acceptors (Lipinski definition) is 3. The van der Waals surface area contributed by atoms with Crippen molar-refractivity contribution in [3.05, 3.63) is 40.7 Å². The van der Waals surface area contributed by atoms with Crippen LogP contribution in [0, 0.1) is 5.82 Å². The summed E-state index contributed by atoms with van der Waals surface area (Å²) in [6, 6.07) is 4.10. The Morgan fingerprint density at radius 2 is 2.24 bits per heavy atom. The highest BCUT2D eigenvalue weighted by atomic mass is 35.5. The number of carbonyl (C=O) groups is 2. The van der Waals surface area contributed by atoms with E-state index < -0.39 is 17.9 Å². The van der Waals surface area contributed by atoms with Gasteiger partial charge in [-0.05, 0) is 23.8 Å². The highest BCUT2D eigenvalue weighted by molar-refractivity contribution is 6.30. The standard InChI is InChI=1S/C14H13ClFNO4/c15-10-7-9(1-3-11(10)16)2-4-13(18)17-5-6-21-12(8-17)14(19)20/h1-4,7,12H,5-6,8H2,(H,19,20). The molecule has 1 aliphatic heterocycles. The van der Waals surface area contributed by atoms with Crippen molar-refractivity contribution in [2.45, 2.75) is 6.10 Å². The van der Waals surface area contributed by atoms with Gasteiger partial charge in [-0.2, -0.15) is 0 Å². The van der Waals surface area contributed by atoms with Gasteiger partial charge in [0.25, 0.3) is 0 Å². The van der Waals surface area contributed by atoms with Crippen LogP contribution in [-0.2, 0) is 14.3 Å². The summed E-state index contributed by atoms with van der Waals surface area (Å²) in [4.78, 5) is 24.2. The maximum Gasteiger partial charge on any atom is 0.334 e. The van der Waals surface area contributed by atoms with Crippen molar-refractivity contribution >= 4 is 29.6 Å². The molecule has 1 atom stereocenters. The maximum absolute atomic E-state index is 13.0. The maximum atomic E-state index is 13.0. The molecular formula is C14H13ClFNO4. The number of carboxylic acid groups (broad SMARTS) is 1. The Bertz CT molecular complexity index is 590. The zero-order valence-corrected chi connectivity index (χ0v) is 11.7. The molecule has 0 bridgehead atoms. The van der Waals surface area contributed by atoms with E-state index in [1.807, 2.05) is 0 Å². The van der Waals surface area contributed by atoms with Crippen LogP contribution in [0.15, 0.2) is 24.3 Å². The van der Waals surface area contributed by atoms with Gasteiger partial charge in [0.1, 0.15) is 5.82 Å². The van der Waals surface area contributed by atoms with E-state index in [4.69, 9.17) is 21.4 Å². The predicted molar refractivity (Wildman–Crippen MR) is 74.4 cm³/mol. The number of carboxylic acids is 1. The van der Waals surface area contributed by atoms with Crippen molar-refractivity contribution in [2.24, 2.45) is 0 Å². The number of morpholine rings is 1. The molecule has 2 rings (SSSR count).